The Morgan fingerprint density at radius 2 is 1.95 bits per heavy atom. The molecule has 4 heterocycles. The Labute approximate surface area is 225 Å². The van der Waals surface area contributed by atoms with Crippen LogP contribution >= 0.6 is 0 Å². The number of hydrogen-bond donors (Lipinski definition) is 0. The summed E-state index contributed by atoms with van der Waals surface area (Å²) in [6.07, 6.45) is 6.05. The third-order valence-electron chi connectivity index (χ3n) is 7.91. The number of fused-ring (bicyclic) bond motifs is 2. The fourth-order valence-corrected chi connectivity index (χ4v) is 7.20. The van der Waals surface area contributed by atoms with E-state index in [9.17, 15) is 17.6 Å². The normalized spacial score (nSPS) is 21.5. The maximum atomic E-state index is 14.2. The van der Waals surface area contributed by atoms with Crippen molar-refractivity contribution in [2.45, 2.75) is 44.2 Å². The zero-order valence-corrected chi connectivity index (χ0v) is 22.4. The van der Waals surface area contributed by atoms with Gasteiger partial charge in [-0.05, 0) is 81.0 Å². The molecule has 0 radical (unpaired) electrons. The zero-order valence-electron chi connectivity index (χ0n) is 21.6. The van der Waals surface area contributed by atoms with Crippen LogP contribution in [0.5, 0.6) is 0 Å². The first-order chi connectivity index (χ1) is 18.7. The van der Waals surface area contributed by atoms with E-state index < -0.39 is 15.4 Å². The number of sulfonamides is 1. The van der Waals surface area contributed by atoms with E-state index in [2.05, 4.69) is 20.4 Å². The second-order valence-electron chi connectivity index (χ2n) is 10.5. The van der Waals surface area contributed by atoms with E-state index in [-0.39, 0.29) is 41.7 Å². The van der Waals surface area contributed by atoms with E-state index in [1.165, 1.54) is 27.3 Å². The lowest BCUT2D eigenvalue weighted by molar-refractivity contribution is 0.0394. The average Bonchev–Trinajstić information content (AvgIpc) is 3.60. The Bertz CT molecular complexity index is 1630. The van der Waals surface area contributed by atoms with Crippen molar-refractivity contribution < 1.29 is 17.6 Å². The van der Waals surface area contributed by atoms with Crippen LogP contribution in [0.15, 0.2) is 66.1 Å². The summed E-state index contributed by atoms with van der Waals surface area (Å²) in [5, 5.41) is 12.4. The predicted molar refractivity (Wildman–Crippen MR) is 139 cm³/mol. The zero-order chi connectivity index (χ0) is 27.4. The number of halogens is 1. The van der Waals surface area contributed by atoms with Crippen molar-refractivity contribution in [2.24, 2.45) is 11.3 Å². The molecule has 0 spiro atoms. The van der Waals surface area contributed by atoms with Gasteiger partial charge in [-0.2, -0.15) is 9.40 Å². The molecule has 1 fully saturated rings. The van der Waals surface area contributed by atoms with Gasteiger partial charge in [0.25, 0.3) is 10.0 Å². The molecule has 2 atom stereocenters. The molecule has 3 aromatic heterocycles. The molecule has 1 saturated heterocycles. The second-order valence-corrected chi connectivity index (χ2v) is 12.4. The van der Waals surface area contributed by atoms with Crippen molar-refractivity contribution in [2.75, 3.05) is 13.1 Å². The van der Waals surface area contributed by atoms with E-state index in [1.54, 1.807) is 47.4 Å². The highest BCUT2D eigenvalue weighted by atomic mass is 32.2. The molecule has 0 amide bonds. The largest absolute Gasteiger partial charge is 0.292 e. The Balaban J connectivity index is 1.41. The van der Waals surface area contributed by atoms with E-state index in [0.717, 1.165) is 16.9 Å². The van der Waals surface area contributed by atoms with Crippen LogP contribution in [0.1, 0.15) is 48.1 Å². The van der Waals surface area contributed by atoms with Gasteiger partial charge in [-0.15, -0.1) is 5.10 Å². The minimum atomic E-state index is -3.99. The molecule has 2 aliphatic rings. The van der Waals surface area contributed by atoms with Gasteiger partial charge in [0.15, 0.2) is 5.78 Å². The molecule has 39 heavy (non-hydrogen) atoms. The van der Waals surface area contributed by atoms with Crippen molar-refractivity contribution in [1.82, 2.24) is 34.1 Å². The summed E-state index contributed by atoms with van der Waals surface area (Å²) in [7, 11) is -3.99. The first kappa shape index (κ1) is 25.5. The molecule has 10 nitrogen and oxygen atoms in total. The fraction of sp³-hybridized carbons (Fsp3) is 0.370. The van der Waals surface area contributed by atoms with Crippen LogP contribution < -0.4 is 0 Å². The number of nitrogens with zero attached hydrogens (tertiary/aromatic N) is 7. The summed E-state index contributed by atoms with van der Waals surface area (Å²) < 4.78 is 45.6. The third kappa shape index (κ3) is 4.27. The molecule has 1 aromatic carbocycles. The van der Waals surface area contributed by atoms with Crippen LogP contribution in [0.4, 0.5) is 4.39 Å². The number of benzene rings is 1. The number of carbonyl (C=O) groups is 1. The molecule has 202 valence electrons. The Kier molecular flexibility index (Phi) is 6.18. The Morgan fingerprint density at radius 3 is 2.64 bits per heavy atom. The topological polar surface area (TPSA) is 116 Å². The summed E-state index contributed by atoms with van der Waals surface area (Å²) in [4.78, 5) is 18.5. The van der Waals surface area contributed by atoms with Gasteiger partial charge in [0.1, 0.15) is 11.5 Å². The monoisotopic (exact) mass is 549 g/mol. The lowest BCUT2D eigenvalue weighted by Crippen LogP contribution is -2.57. The summed E-state index contributed by atoms with van der Waals surface area (Å²) in [6, 6.07) is 11.2. The highest BCUT2D eigenvalue weighted by molar-refractivity contribution is 7.89. The summed E-state index contributed by atoms with van der Waals surface area (Å²) in [6.45, 7) is 4.04. The van der Waals surface area contributed by atoms with Gasteiger partial charge < -0.3 is 0 Å². The van der Waals surface area contributed by atoms with Gasteiger partial charge in [0.05, 0.1) is 23.5 Å². The van der Waals surface area contributed by atoms with Crippen molar-refractivity contribution in [1.29, 1.82) is 0 Å². The number of rotatable bonds is 6. The van der Waals surface area contributed by atoms with Crippen LogP contribution in [-0.2, 0) is 22.9 Å². The maximum Gasteiger partial charge on any atom is 0.264 e. The number of ketones is 1. The lowest BCUT2D eigenvalue weighted by atomic mass is 9.60. The molecule has 12 heteroatoms. The molecule has 1 aliphatic carbocycles. The smallest absolute Gasteiger partial charge is 0.264 e. The highest BCUT2D eigenvalue weighted by Crippen LogP contribution is 2.48. The molecule has 4 aromatic rings. The summed E-state index contributed by atoms with van der Waals surface area (Å²) >= 11 is 0. The molecular formula is C27H28FN7O3S. The quantitative estimate of drug-likeness (QED) is 0.339. The van der Waals surface area contributed by atoms with Crippen molar-refractivity contribution >= 4 is 15.8 Å². The third-order valence-corrected chi connectivity index (χ3v) is 9.62. The molecule has 0 bridgehead atoms. The van der Waals surface area contributed by atoms with Crippen LogP contribution in [-0.4, -0.2) is 61.4 Å². The highest BCUT2D eigenvalue weighted by Gasteiger charge is 2.55. The molecule has 6 rings (SSSR count). The van der Waals surface area contributed by atoms with E-state index in [4.69, 9.17) is 0 Å². The van der Waals surface area contributed by atoms with E-state index in [1.807, 2.05) is 13.8 Å². The predicted octanol–water partition coefficient (Wildman–Crippen LogP) is 3.26. The molecular weight excluding hydrogens is 521 g/mol. The van der Waals surface area contributed by atoms with Crippen LogP contribution in [0.2, 0.25) is 0 Å². The van der Waals surface area contributed by atoms with Gasteiger partial charge >= 0.3 is 0 Å². The van der Waals surface area contributed by atoms with Gasteiger partial charge in [0.2, 0.25) is 5.03 Å². The molecule has 0 saturated carbocycles. The molecule has 2 unspecified atom stereocenters. The molecule has 1 aliphatic heterocycles. The summed E-state index contributed by atoms with van der Waals surface area (Å²) in [5.74, 6) is -0.658. The number of carbonyl (C=O) groups excluding carboxylic acids is 1. The standard InChI is InChI=1S/C27H28FN7O3S/c1-18(2)34-16-25(31-32-34)39(37,38)33-12-10-20-13-24-19(15-30-35(24)22-8-6-21(28)7-9-22)14-27(20,17-33)26(36)23-5-3-4-11-29-23/h3-9,11,15-16,18,20H,10,12-14,17H2,1-2H3. The van der Waals surface area contributed by atoms with Crippen LogP contribution in [0.3, 0.4) is 0 Å². The van der Waals surface area contributed by atoms with E-state index >= 15 is 0 Å². The number of piperidine rings is 1. The minimum absolute atomic E-state index is 0.00507. The van der Waals surface area contributed by atoms with Crippen molar-refractivity contribution in [3.05, 3.63) is 83.8 Å². The SMILES string of the molecule is CC(C)n1cc(S(=O)(=O)N2CCC3Cc4c(cnn4-c4ccc(F)cc4)CC3(C(=O)c3ccccn3)C2)nn1. The molecule has 0 N–H and O–H groups in total. The van der Waals surface area contributed by atoms with Gasteiger partial charge in [-0.25, -0.2) is 22.2 Å². The van der Waals surface area contributed by atoms with Gasteiger partial charge in [-0.1, -0.05) is 11.3 Å². The number of Topliss-reactive ketones (excluding diaryl/α,β-unsaturated/α-hetero) is 1. The van der Waals surface area contributed by atoms with Gasteiger partial charge in [0, 0.05) is 31.0 Å². The summed E-state index contributed by atoms with van der Waals surface area (Å²) in [5.41, 5.74) is 1.82. The number of hydrogen-bond acceptors (Lipinski definition) is 7. The maximum absolute atomic E-state index is 14.2. The first-order valence-electron chi connectivity index (χ1n) is 12.9. The van der Waals surface area contributed by atoms with Crippen molar-refractivity contribution in [3.8, 4) is 5.69 Å². The van der Waals surface area contributed by atoms with E-state index in [0.29, 0.717) is 25.0 Å². The number of aromatic nitrogens is 6. The van der Waals surface area contributed by atoms with Crippen molar-refractivity contribution in [3.63, 3.8) is 0 Å². The number of pyridine rings is 1. The Morgan fingerprint density at radius 1 is 1.15 bits per heavy atom. The van der Waals surface area contributed by atoms with Crippen LogP contribution in [0.25, 0.3) is 5.69 Å². The minimum Gasteiger partial charge on any atom is -0.292 e. The van der Waals surface area contributed by atoms with Crippen LogP contribution in [0, 0.1) is 17.2 Å². The average molecular weight is 550 g/mol. The first-order valence-corrected chi connectivity index (χ1v) is 14.3. The van der Waals surface area contributed by atoms with Gasteiger partial charge in [-0.3, -0.25) is 9.78 Å². The fourth-order valence-electron chi connectivity index (χ4n) is 5.81. The Hall–Kier alpha value is -3.77. The lowest BCUT2D eigenvalue weighted by Gasteiger charge is -2.48. The second kappa shape index (κ2) is 9.45.